The second-order valence-corrected chi connectivity index (χ2v) is 4.78. The number of carbonyl (C=O) groups is 1. The average Bonchev–Trinajstić information content (AvgIpc) is 2.39. The van der Waals surface area contributed by atoms with Crippen molar-refractivity contribution in [3.05, 3.63) is 51.9 Å². The number of halogens is 1. The lowest BCUT2D eigenvalue weighted by molar-refractivity contribution is 0.102. The lowest BCUT2D eigenvalue weighted by Gasteiger charge is -2.06. The van der Waals surface area contributed by atoms with Crippen LogP contribution in [0.3, 0.4) is 0 Å². The molecule has 0 spiro atoms. The number of amides is 1. The molecule has 1 aromatic carbocycles. The number of anilines is 2. The van der Waals surface area contributed by atoms with Gasteiger partial charge in [0, 0.05) is 15.5 Å². The minimum atomic E-state index is -0.269. The minimum Gasteiger partial charge on any atom is -0.324 e. The van der Waals surface area contributed by atoms with E-state index in [1.165, 1.54) is 6.20 Å². The molecule has 1 aromatic heterocycles. The number of aromatic nitrogens is 1. The van der Waals surface area contributed by atoms with Crippen molar-refractivity contribution < 1.29 is 4.79 Å². The average molecular weight is 354 g/mol. The van der Waals surface area contributed by atoms with Gasteiger partial charge >= 0.3 is 0 Å². The van der Waals surface area contributed by atoms with Crippen LogP contribution in [0.5, 0.6) is 0 Å². The summed E-state index contributed by atoms with van der Waals surface area (Å²) in [5.74, 6) is 5.01. The number of nitrogen functional groups attached to an aromatic ring is 1. The van der Waals surface area contributed by atoms with Crippen LogP contribution in [0.1, 0.15) is 10.5 Å². The first kappa shape index (κ1) is 12.8. The van der Waals surface area contributed by atoms with Crippen molar-refractivity contribution in [2.45, 2.75) is 0 Å². The third kappa shape index (κ3) is 3.17. The Morgan fingerprint density at radius 2 is 2.06 bits per heavy atom. The molecule has 4 N–H and O–H groups in total. The zero-order chi connectivity index (χ0) is 13.0. The van der Waals surface area contributed by atoms with E-state index in [1.807, 2.05) is 24.3 Å². The van der Waals surface area contributed by atoms with Gasteiger partial charge in [-0.05, 0) is 52.9 Å². The van der Waals surface area contributed by atoms with E-state index in [1.54, 1.807) is 12.1 Å². The summed E-state index contributed by atoms with van der Waals surface area (Å²) in [6.07, 6.45) is 1.53. The smallest absolute Gasteiger partial charge is 0.274 e. The molecule has 2 aromatic rings. The van der Waals surface area contributed by atoms with Crippen LogP contribution >= 0.6 is 22.6 Å². The molecule has 0 saturated heterocycles. The van der Waals surface area contributed by atoms with Crippen LogP contribution in [0.25, 0.3) is 0 Å². The standard InChI is InChI=1S/C12H11IN4O/c13-8-2-1-3-9(6-8)16-12(18)11-7-10(17-14)4-5-15-11/h1-7H,14H2,(H,15,17)(H,16,18). The maximum Gasteiger partial charge on any atom is 0.274 e. The Balaban J connectivity index is 2.16. The fraction of sp³-hybridized carbons (Fsp3) is 0. The monoisotopic (exact) mass is 354 g/mol. The van der Waals surface area contributed by atoms with Crippen LogP contribution < -0.4 is 16.6 Å². The second kappa shape index (κ2) is 5.78. The Morgan fingerprint density at radius 1 is 1.22 bits per heavy atom. The van der Waals surface area contributed by atoms with Gasteiger partial charge in [0.2, 0.25) is 0 Å². The molecule has 0 bridgehead atoms. The summed E-state index contributed by atoms with van der Waals surface area (Å²) in [5, 5.41) is 2.78. The first-order valence-electron chi connectivity index (χ1n) is 5.18. The van der Waals surface area contributed by atoms with Crippen molar-refractivity contribution >= 4 is 39.9 Å². The zero-order valence-electron chi connectivity index (χ0n) is 9.35. The number of hydrazine groups is 1. The number of hydrogen-bond donors (Lipinski definition) is 3. The van der Waals surface area contributed by atoms with Crippen molar-refractivity contribution in [2.75, 3.05) is 10.7 Å². The maximum absolute atomic E-state index is 11.9. The predicted octanol–water partition coefficient (Wildman–Crippen LogP) is 2.22. The summed E-state index contributed by atoms with van der Waals surface area (Å²) >= 11 is 2.18. The summed E-state index contributed by atoms with van der Waals surface area (Å²) < 4.78 is 1.05. The predicted molar refractivity (Wildman–Crippen MR) is 79.2 cm³/mol. The molecule has 2 rings (SSSR count). The topological polar surface area (TPSA) is 80.0 Å². The second-order valence-electron chi connectivity index (χ2n) is 3.54. The molecular weight excluding hydrogens is 343 g/mol. The normalized spacial score (nSPS) is 9.89. The van der Waals surface area contributed by atoms with Gasteiger partial charge < -0.3 is 10.7 Å². The fourth-order valence-corrected chi connectivity index (χ4v) is 1.95. The van der Waals surface area contributed by atoms with Crippen LogP contribution in [-0.2, 0) is 0 Å². The number of nitrogens with one attached hydrogen (secondary N) is 2. The Bertz CT molecular complexity index is 574. The minimum absolute atomic E-state index is 0.269. The summed E-state index contributed by atoms with van der Waals surface area (Å²) in [6, 6.07) is 10.8. The highest BCUT2D eigenvalue weighted by Crippen LogP contribution is 2.14. The van der Waals surface area contributed by atoms with Crippen molar-refractivity contribution in [1.29, 1.82) is 0 Å². The zero-order valence-corrected chi connectivity index (χ0v) is 11.5. The van der Waals surface area contributed by atoms with Crippen LogP contribution in [0.4, 0.5) is 11.4 Å². The van der Waals surface area contributed by atoms with Crippen molar-refractivity contribution in [2.24, 2.45) is 5.84 Å². The van der Waals surface area contributed by atoms with Crippen molar-refractivity contribution in [3.63, 3.8) is 0 Å². The van der Waals surface area contributed by atoms with Crippen LogP contribution in [0, 0.1) is 3.57 Å². The molecule has 0 aliphatic carbocycles. The van der Waals surface area contributed by atoms with E-state index in [0.29, 0.717) is 11.4 Å². The molecule has 0 saturated carbocycles. The number of benzene rings is 1. The molecule has 1 amide bonds. The van der Waals surface area contributed by atoms with Gasteiger partial charge in [-0.1, -0.05) is 6.07 Å². The van der Waals surface area contributed by atoms with Crippen LogP contribution in [0.2, 0.25) is 0 Å². The third-order valence-corrected chi connectivity index (χ3v) is 2.91. The molecule has 18 heavy (non-hydrogen) atoms. The lowest BCUT2D eigenvalue weighted by atomic mass is 10.3. The molecule has 1 heterocycles. The van der Waals surface area contributed by atoms with Crippen molar-refractivity contribution in [1.82, 2.24) is 4.98 Å². The van der Waals surface area contributed by atoms with Gasteiger partial charge in [-0.2, -0.15) is 0 Å². The molecular formula is C12H11IN4O. The third-order valence-electron chi connectivity index (χ3n) is 2.24. The number of nitrogens with zero attached hydrogens (tertiary/aromatic N) is 1. The quantitative estimate of drug-likeness (QED) is 0.449. The molecule has 0 fully saturated rings. The molecule has 0 aliphatic rings. The molecule has 0 aliphatic heterocycles. The molecule has 0 atom stereocenters. The van der Waals surface area contributed by atoms with Gasteiger partial charge in [0.05, 0.1) is 5.69 Å². The highest BCUT2D eigenvalue weighted by Gasteiger charge is 2.08. The highest BCUT2D eigenvalue weighted by atomic mass is 127. The summed E-state index contributed by atoms with van der Waals surface area (Å²) in [4.78, 5) is 15.9. The number of hydrogen-bond acceptors (Lipinski definition) is 4. The first-order chi connectivity index (χ1) is 8.69. The molecule has 0 radical (unpaired) electrons. The van der Waals surface area contributed by atoms with Crippen LogP contribution in [-0.4, -0.2) is 10.9 Å². The van der Waals surface area contributed by atoms with Gasteiger partial charge in [-0.25, -0.2) is 0 Å². The Labute approximate surface area is 118 Å². The largest absolute Gasteiger partial charge is 0.324 e. The van der Waals surface area contributed by atoms with E-state index in [0.717, 1.165) is 9.26 Å². The van der Waals surface area contributed by atoms with Gasteiger partial charge in [-0.15, -0.1) is 0 Å². The fourth-order valence-electron chi connectivity index (χ4n) is 1.41. The van der Waals surface area contributed by atoms with Crippen molar-refractivity contribution in [3.8, 4) is 0 Å². The number of pyridine rings is 1. The first-order valence-corrected chi connectivity index (χ1v) is 6.26. The Morgan fingerprint density at radius 3 is 2.78 bits per heavy atom. The molecule has 0 unspecified atom stereocenters. The molecule has 6 heteroatoms. The van der Waals surface area contributed by atoms with Gasteiger partial charge in [0.15, 0.2) is 0 Å². The summed E-state index contributed by atoms with van der Waals surface area (Å²) in [5.41, 5.74) is 4.16. The van der Waals surface area contributed by atoms with Gasteiger partial charge in [-0.3, -0.25) is 15.6 Å². The number of carbonyl (C=O) groups excluding carboxylic acids is 1. The van der Waals surface area contributed by atoms with Gasteiger partial charge in [0.1, 0.15) is 5.69 Å². The molecule has 92 valence electrons. The Hall–Kier alpha value is -1.67. The number of nitrogens with two attached hydrogens (primary N) is 1. The maximum atomic E-state index is 11.9. The van der Waals surface area contributed by atoms with Crippen LogP contribution in [0.15, 0.2) is 42.6 Å². The van der Waals surface area contributed by atoms with E-state index in [4.69, 9.17) is 5.84 Å². The summed E-state index contributed by atoms with van der Waals surface area (Å²) in [7, 11) is 0. The number of rotatable bonds is 3. The SMILES string of the molecule is NNc1ccnc(C(=O)Nc2cccc(I)c2)c1. The van der Waals surface area contributed by atoms with E-state index in [-0.39, 0.29) is 5.91 Å². The Kier molecular flexibility index (Phi) is 4.11. The van der Waals surface area contributed by atoms with E-state index < -0.39 is 0 Å². The van der Waals surface area contributed by atoms with E-state index in [9.17, 15) is 4.79 Å². The van der Waals surface area contributed by atoms with E-state index >= 15 is 0 Å². The molecule has 5 nitrogen and oxygen atoms in total. The highest BCUT2D eigenvalue weighted by molar-refractivity contribution is 14.1. The summed E-state index contributed by atoms with van der Waals surface area (Å²) in [6.45, 7) is 0. The van der Waals surface area contributed by atoms with Gasteiger partial charge in [0.25, 0.3) is 5.91 Å². The lowest BCUT2D eigenvalue weighted by Crippen LogP contribution is -2.15. The van der Waals surface area contributed by atoms with E-state index in [2.05, 4.69) is 38.3 Å².